The van der Waals surface area contributed by atoms with Crippen LogP contribution in [0.3, 0.4) is 0 Å². The van der Waals surface area contributed by atoms with Gasteiger partial charge >= 0.3 is 5.97 Å². The Labute approximate surface area is 149 Å². The number of halogens is 1. The van der Waals surface area contributed by atoms with Gasteiger partial charge in [0, 0.05) is 10.7 Å². The quantitative estimate of drug-likeness (QED) is 0.801. The lowest BCUT2D eigenvalue weighted by Gasteiger charge is -2.10. The third-order valence-corrected chi connectivity index (χ3v) is 3.43. The van der Waals surface area contributed by atoms with Gasteiger partial charge in [-0.15, -0.1) is 0 Å². The average molecular weight is 359 g/mol. The van der Waals surface area contributed by atoms with Crippen molar-refractivity contribution in [3.63, 3.8) is 0 Å². The lowest BCUT2D eigenvalue weighted by Crippen LogP contribution is -2.24. The van der Waals surface area contributed by atoms with Crippen molar-refractivity contribution < 1.29 is 19.1 Å². The number of rotatable bonds is 6. The van der Waals surface area contributed by atoms with Gasteiger partial charge in [0.25, 0.3) is 5.91 Å². The number of carbonyl (C=O) groups excluding carboxylic acids is 2. The number of hydrogen-bond donors (Lipinski definition) is 1. The molecule has 0 aliphatic rings. The van der Waals surface area contributed by atoms with Crippen molar-refractivity contribution in [3.8, 4) is 11.8 Å². The SMILES string of the molecule is Cc1ccc(Cl)cc1NC(=O)COC(=O)COc1ccccc1C#N. The second-order valence-electron chi connectivity index (χ2n) is 5.06. The fourth-order valence-electron chi connectivity index (χ4n) is 1.92. The van der Waals surface area contributed by atoms with Crippen LogP contribution in [-0.2, 0) is 14.3 Å². The van der Waals surface area contributed by atoms with E-state index in [1.54, 1.807) is 42.5 Å². The van der Waals surface area contributed by atoms with Crippen LogP contribution in [0.2, 0.25) is 5.02 Å². The zero-order chi connectivity index (χ0) is 18.2. The molecule has 0 unspecified atom stereocenters. The molecule has 2 rings (SSSR count). The van der Waals surface area contributed by atoms with Crippen LogP contribution in [0.5, 0.6) is 5.75 Å². The number of nitriles is 1. The zero-order valence-corrected chi connectivity index (χ0v) is 14.2. The van der Waals surface area contributed by atoms with E-state index < -0.39 is 25.1 Å². The minimum atomic E-state index is -0.717. The molecule has 0 aromatic heterocycles. The maximum Gasteiger partial charge on any atom is 0.344 e. The molecule has 0 atom stereocenters. The highest BCUT2D eigenvalue weighted by molar-refractivity contribution is 6.31. The molecule has 0 heterocycles. The molecule has 0 fully saturated rings. The summed E-state index contributed by atoms with van der Waals surface area (Å²) in [5, 5.41) is 12.0. The van der Waals surface area contributed by atoms with E-state index in [1.807, 2.05) is 13.0 Å². The normalized spacial score (nSPS) is 9.80. The zero-order valence-electron chi connectivity index (χ0n) is 13.4. The van der Waals surface area contributed by atoms with E-state index in [4.69, 9.17) is 26.3 Å². The number of ether oxygens (including phenoxy) is 2. The van der Waals surface area contributed by atoms with Gasteiger partial charge in [-0.1, -0.05) is 29.8 Å². The van der Waals surface area contributed by atoms with E-state index >= 15 is 0 Å². The predicted molar refractivity (Wildman–Crippen MR) is 92.4 cm³/mol. The molecule has 0 bridgehead atoms. The maximum absolute atomic E-state index is 11.8. The summed E-state index contributed by atoms with van der Waals surface area (Å²) >= 11 is 5.88. The molecule has 25 heavy (non-hydrogen) atoms. The summed E-state index contributed by atoms with van der Waals surface area (Å²) in [6.45, 7) is 0.967. The highest BCUT2D eigenvalue weighted by Crippen LogP contribution is 2.20. The average Bonchev–Trinajstić information content (AvgIpc) is 2.61. The Morgan fingerprint density at radius 1 is 1.20 bits per heavy atom. The second kappa shape index (κ2) is 8.71. The van der Waals surface area contributed by atoms with Crippen molar-refractivity contribution >= 4 is 29.2 Å². The van der Waals surface area contributed by atoms with Crippen LogP contribution < -0.4 is 10.1 Å². The fraction of sp³-hybridized carbons (Fsp3) is 0.167. The Hall–Kier alpha value is -3.04. The van der Waals surface area contributed by atoms with Crippen LogP contribution in [0, 0.1) is 18.3 Å². The fourth-order valence-corrected chi connectivity index (χ4v) is 2.10. The minimum absolute atomic E-state index is 0.279. The van der Waals surface area contributed by atoms with Crippen LogP contribution in [0.15, 0.2) is 42.5 Å². The van der Waals surface area contributed by atoms with E-state index in [2.05, 4.69) is 5.32 Å². The number of carbonyl (C=O) groups is 2. The van der Waals surface area contributed by atoms with Gasteiger partial charge in [0.15, 0.2) is 13.2 Å². The van der Waals surface area contributed by atoms with Crippen molar-refractivity contribution in [2.24, 2.45) is 0 Å². The third kappa shape index (κ3) is 5.52. The van der Waals surface area contributed by atoms with Crippen LogP contribution in [-0.4, -0.2) is 25.1 Å². The molecular weight excluding hydrogens is 344 g/mol. The summed E-state index contributed by atoms with van der Waals surface area (Å²) in [6.07, 6.45) is 0. The van der Waals surface area contributed by atoms with Crippen LogP contribution in [0.25, 0.3) is 0 Å². The van der Waals surface area contributed by atoms with Crippen molar-refractivity contribution in [1.82, 2.24) is 0 Å². The highest BCUT2D eigenvalue weighted by Gasteiger charge is 2.11. The van der Waals surface area contributed by atoms with Crippen molar-refractivity contribution in [2.75, 3.05) is 18.5 Å². The summed E-state index contributed by atoms with van der Waals surface area (Å²) in [7, 11) is 0. The Bertz CT molecular complexity index is 830. The lowest BCUT2D eigenvalue weighted by atomic mass is 10.2. The molecule has 7 heteroatoms. The first-order valence-corrected chi connectivity index (χ1v) is 7.71. The van der Waals surface area contributed by atoms with Crippen LogP contribution >= 0.6 is 11.6 Å². The summed E-state index contributed by atoms with van der Waals surface area (Å²) in [5.74, 6) is -0.928. The number of nitrogens with one attached hydrogen (secondary N) is 1. The van der Waals surface area contributed by atoms with Gasteiger partial charge < -0.3 is 14.8 Å². The van der Waals surface area contributed by atoms with Gasteiger partial charge in [0.1, 0.15) is 11.8 Å². The van der Waals surface area contributed by atoms with E-state index in [0.29, 0.717) is 16.3 Å². The topological polar surface area (TPSA) is 88.4 Å². The first kappa shape index (κ1) is 18.3. The minimum Gasteiger partial charge on any atom is -0.481 e. The molecule has 2 aromatic rings. The lowest BCUT2D eigenvalue weighted by molar-refractivity contribution is -0.149. The second-order valence-corrected chi connectivity index (χ2v) is 5.50. The van der Waals surface area contributed by atoms with E-state index in [1.165, 1.54) is 0 Å². The number of para-hydroxylation sites is 1. The van der Waals surface area contributed by atoms with Gasteiger partial charge in [0.05, 0.1) is 5.56 Å². The number of esters is 1. The number of amides is 1. The molecule has 0 aliphatic carbocycles. The Morgan fingerprint density at radius 3 is 2.72 bits per heavy atom. The maximum atomic E-state index is 11.8. The Kier molecular flexibility index (Phi) is 6.38. The molecule has 0 saturated heterocycles. The molecule has 1 amide bonds. The standard InChI is InChI=1S/C18H15ClN2O4/c1-12-6-7-14(19)8-15(12)21-17(22)10-25-18(23)11-24-16-5-3-2-4-13(16)9-20/h2-8H,10-11H2,1H3,(H,21,22). The van der Waals surface area contributed by atoms with Crippen LogP contribution in [0.4, 0.5) is 5.69 Å². The van der Waals surface area contributed by atoms with Crippen LogP contribution in [0.1, 0.15) is 11.1 Å². The number of benzene rings is 2. The molecule has 0 aliphatic heterocycles. The number of hydrogen-bond acceptors (Lipinski definition) is 5. The van der Waals surface area contributed by atoms with Crippen molar-refractivity contribution in [3.05, 3.63) is 58.6 Å². The molecule has 0 saturated carbocycles. The van der Waals surface area contributed by atoms with Gasteiger partial charge in [-0.2, -0.15) is 5.26 Å². The van der Waals surface area contributed by atoms with E-state index in [9.17, 15) is 9.59 Å². The third-order valence-electron chi connectivity index (χ3n) is 3.19. The van der Waals surface area contributed by atoms with Gasteiger partial charge in [-0.3, -0.25) is 4.79 Å². The summed E-state index contributed by atoms with van der Waals surface area (Å²) in [6, 6.07) is 13.6. The smallest absolute Gasteiger partial charge is 0.344 e. The van der Waals surface area contributed by atoms with Gasteiger partial charge in [-0.25, -0.2) is 4.79 Å². The van der Waals surface area contributed by atoms with Gasteiger partial charge in [-0.05, 0) is 36.8 Å². The van der Waals surface area contributed by atoms with Gasteiger partial charge in [0.2, 0.25) is 0 Å². The molecule has 1 N–H and O–H groups in total. The van der Waals surface area contributed by atoms with E-state index in [-0.39, 0.29) is 5.75 Å². The summed E-state index contributed by atoms with van der Waals surface area (Å²) in [4.78, 5) is 23.5. The molecular formula is C18H15ClN2O4. The Morgan fingerprint density at radius 2 is 1.96 bits per heavy atom. The molecule has 0 radical (unpaired) electrons. The first-order chi connectivity index (χ1) is 12.0. The summed E-state index contributed by atoms with van der Waals surface area (Å²) in [5.41, 5.74) is 1.69. The number of aryl methyl sites for hydroxylation is 1. The number of anilines is 1. The first-order valence-electron chi connectivity index (χ1n) is 7.33. The molecule has 2 aromatic carbocycles. The largest absolute Gasteiger partial charge is 0.481 e. The monoisotopic (exact) mass is 358 g/mol. The number of nitrogens with zero attached hydrogens (tertiary/aromatic N) is 1. The van der Waals surface area contributed by atoms with E-state index in [0.717, 1.165) is 5.56 Å². The molecule has 128 valence electrons. The Balaban J connectivity index is 1.80. The highest BCUT2D eigenvalue weighted by atomic mass is 35.5. The molecule has 0 spiro atoms. The van der Waals surface area contributed by atoms with Crippen molar-refractivity contribution in [2.45, 2.75) is 6.92 Å². The predicted octanol–water partition coefficient (Wildman–Crippen LogP) is 3.08. The molecule has 6 nitrogen and oxygen atoms in total. The van der Waals surface area contributed by atoms with Crippen molar-refractivity contribution in [1.29, 1.82) is 5.26 Å². The summed E-state index contributed by atoms with van der Waals surface area (Å²) < 4.78 is 10.1.